The summed E-state index contributed by atoms with van der Waals surface area (Å²) in [5, 5.41) is 6.29. The molecule has 23 heavy (non-hydrogen) atoms. The molecule has 0 saturated heterocycles. The van der Waals surface area contributed by atoms with E-state index in [9.17, 15) is 9.18 Å². The van der Waals surface area contributed by atoms with Gasteiger partial charge in [-0.2, -0.15) is 0 Å². The summed E-state index contributed by atoms with van der Waals surface area (Å²) in [6.07, 6.45) is 0. The Morgan fingerprint density at radius 1 is 1.39 bits per heavy atom. The van der Waals surface area contributed by atoms with Gasteiger partial charge in [0.2, 0.25) is 0 Å². The number of guanidine groups is 1. The first-order valence-corrected chi connectivity index (χ1v) is 7.58. The Labute approximate surface area is 137 Å². The molecule has 0 bridgehead atoms. The van der Waals surface area contributed by atoms with Crippen LogP contribution >= 0.6 is 0 Å². The summed E-state index contributed by atoms with van der Waals surface area (Å²) in [7, 11) is 3.03. The molecule has 1 rings (SSSR count). The van der Waals surface area contributed by atoms with Crippen molar-refractivity contribution in [1.82, 2.24) is 10.6 Å². The molecule has 6 heteroatoms. The van der Waals surface area contributed by atoms with E-state index >= 15 is 0 Å². The molecule has 0 radical (unpaired) electrons. The highest BCUT2D eigenvalue weighted by atomic mass is 19.1. The fourth-order valence-electron chi connectivity index (χ4n) is 2.07. The molecule has 128 valence electrons. The second kappa shape index (κ2) is 8.50. The van der Waals surface area contributed by atoms with Gasteiger partial charge in [-0.25, -0.2) is 4.39 Å². The van der Waals surface area contributed by atoms with Crippen LogP contribution in [-0.2, 0) is 14.9 Å². The van der Waals surface area contributed by atoms with Gasteiger partial charge in [-0.05, 0) is 17.7 Å². The topological polar surface area (TPSA) is 62.7 Å². The predicted octanol–water partition coefficient (Wildman–Crippen LogP) is 2.08. The van der Waals surface area contributed by atoms with Gasteiger partial charge in [-0.1, -0.05) is 32.9 Å². The smallest absolute Gasteiger partial charge is 0.310 e. The average Bonchev–Trinajstić information content (AvgIpc) is 2.53. The number of nitrogens with one attached hydrogen (secondary N) is 2. The van der Waals surface area contributed by atoms with E-state index < -0.39 is 0 Å². The molecule has 1 aromatic rings. The molecule has 1 aromatic carbocycles. The zero-order valence-electron chi connectivity index (χ0n) is 14.4. The summed E-state index contributed by atoms with van der Waals surface area (Å²) in [6.45, 7) is 6.83. The number of esters is 1. The summed E-state index contributed by atoms with van der Waals surface area (Å²) in [4.78, 5) is 15.5. The van der Waals surface area contributed by atoms with E-state index in [2.05, 4.69) is 20.4 Å². The van der Waals surface area contributed by atoms with Crippen molar-refractivity contribution >= 4 is 11.9 Å². The maximum Gasteiger partial charge on any atom is 0.310 e. The van der Waals surface area contributed by atoms with Crippen molar-refractivity contribution in [2.45, 2.75) is 26.2 Å². The van der Waals surface area contributed by atoms with E-state index in [1.54, 1.807) is 20.0 Å². The Balaban J connectivity index is 2.58. The summed E-state index contributed by atoms with van der Waals surface area (Å²) in [6, 6.07) is 6.58. The average molecular weight is 323 g/mol. The number of aliphatic imine (C=N–C) groups is 1. The highest BCUT2D eigenvalue weighted by Gasteiger charge is 2.21. The number of hydrogen-bond acceptors (Lipinski definition) is 3. The number of carbonyl (C=O) groups is 1. The second-order valence-electron chi connectivity index (χ2n) is 6.13. The predicted molar refractivity (Wildman–Crippen MR) is 90.0 cm³/mol. The van der Waals surface area contributed by atoms with Crippen LogP contribution in [0.4, 0.5) is 4.39 Å². The molecule has 0 aliphatic rings. The van der Waals surface area contributed by atoms with Gasteiger partial charge in [0, 0.05) is 25.6 Å². The highest BCUT2D eigenvalue weighted by molar-refractivity contribution is 5.80. The summed E-state index contributed by atoms with van der Waals surface area (Å²) < 4.78 is 18.1. The first-order valence-electron chi connectivity index (χ1n) is 7.58. The Kier molecular flexibility index (Phi) is 7.00. The van der Waals surface area contributed by atoms with Crippen LogP contribution in [-0.4, -0.2) is 39.2 Å². The normalized spacial score (nSPS) is 13.4. The number of benzene rings is 1. The van der Waals surface area contributed by atoms with E-state index in [1.165, 1.54) is 19.2 Å². The molecule has 2 N–H and O–H groups in total. The first-order chi connectivity index (χ1) is 10.8. The van der Waals surface area contributed by atoms with Crippen LogP contribution in [0.5, 0.6) is 0 Å². The van der Waals surface area contributed by atoms with E-state index in [0.29, 0.717) is 19.0 Å². The molecule has 0 aliphatic carbocycles. The summed E-state index contributed by atoms with van der Waals surface area (Å²) in [5.41, 5.74) is 0.636. The van der Waals surface area contributed by atoms with Crippen molar-refractivity contribution in [3.8, 4) is 0 Å². The fraction of sp³-hybridized carbons (Fsp3) is 0.529. The van der Waals surface area contributed by atoms with Crippen LogP contribution in [0.25, 0.3) is 0 Å². The largest absolute Gasteiger partial charge is 0.469 e. The molecule has 5 nitrogen and oxygen atoms in total. The van der Waals surface area contributed by atoms with E-state index in [4.69, 9.17) is 0 Å². The Bertz CT molecular complexity index is 559. The van der Waals surface area contributed by atoms with Crippen molar-refractivity contribution in [3.05, 3.63) is 35.6 Å². The third kappa shape index (κ3) is 5.88. The Hall–Kier alpha value is -2.11. The molecule has 0 fully saturated rings. The second-order valence-corrected chi connectivity index (χ2v) is 6.13. The molecule has 1 unspecified atom stereocenters. The maximum atomic E-state index is 13.4. The SMILES string of the molecule is CN=C(NCC(C)C(=O)OC)NCC(C)(C)c1cccc(F)c1. The van der Waals surface area contributed by atoms with Crippen LogP contribution in [0.2, 0.25) is 0 Å². The Morgan fingerprint density at radius 2 is 2.09 bits per heavy atom. The molecule has 0 aromatic heterocycles. The molecular weight excluding hydrogens is 297 g/mol. The minimum absolute atomic E-state index is 0.245. The summed E-state index contributed by atoms with van der Waals surface area (Å²) >= 11 is 0. The molecule has 0 aliphatic heterocycles. The molecule has 0 spiro atoms. The quantitative estimate of drug-likeness (QED) is 0.478. The van der Waals surface area contributed by atoms with Gasteiger partial charge in [0.25, 0.3) is 0 Å². The van der Waals surface area contributed by atoms with Gasteiger partial charge >= 0.3 is 5.97 Å². The van der Waals surface area contributed by atoms with Crippen LogP contribution in [0.3, 0.4) is 0 Å². The van der Waals surface area contributed by atoms with Gasteiger partial charge in [-0.3, -0.25) is 9.79 Å². The number of hydrogen-bond donors (Lipinski definition) is 2. The maximum absolute atomic E-state index is 13.4. The molecule has 1 atom stereocenters. The summed E-state index contributed by atoms with van der Waals surface area (Å²) in [5.74, 6) is -0.196. The van der Waals surface area contributed by atoms with Crippen LogP contribution < -0.4 is 10.6 Å². The van der Waals surface area contributed by atoms with Crippen molar-refractivity contribution in [3.63, 3.8) is 0 Å². The van der Waals surface area contributed by atoms with Gasteiger partial charge in [0.15, 0.2) is 5.96 Å². The van der Waals surface area contributed by atoms with Gasteiger partial charge < -0.3 is 15.4 Å². The van der Waals surface area contributed by atoms with Crippen molar-refractivity contribution in [2.75, 3.05) is 27.2 Å². The first kappa shape index (κ1) is 18.9. The lowest BCUT2D eigenvalue weighted by Crippen LogP contribution is -2.45. The van der Waals surface area contributed by atoms with Crippen LogP contribution in [0, 0.1) is 11.7 Å². The van der Waals surface area contributed by atoms with Crippen LogP contribution in [0.15, 0.2) is 29.3 Å². The lowest BCUT2D eigenvalue weighted by atomic mass is 9.84. The van der Waals surface area contributed by atoms with Gasteiger partial charge in [0.1, 0.15) is 5.82 Å². The minimum Gasteiger partial charge on any atom is -0.469 e. The zero-order chi connectivity index (χ0) is 17.5. The van der Waals surface area contributed by atoms with Crippen molar-refractivity contribution < 1.29 is 13.9 Å². The third-order valence-electron chi connectivity index (χ3n) is 3.71. The number of carbonyl (C=O) groups excluding carboxylic acids is 1. The van der Waals surface area contributed by atoms with E-state index in [1.807, 2.05) is 19.9 Å². The number of nitrogens with zero attached hydrogens (tertiary/aromatic N) is 1. The van der Waals surface area contributed by atoms with Crippen LogP contribution in [0.1, 0.15) is 26.3 Å². The number of ether oxygens (including phenoxy) is 1. The lowest BCUT2D eigenvalue weighted by Gasteiger charge is -2.27. The number of methoxy groups -OCH3 is 1. The Morgan fingerprint density at radius 3 is 2.65 bits per heavy atom. The third-order valence-corrected chi connectivity index (χ3v) is 3.71. The molecule has 0 heterocycles. The van der Waals surface area contributed by atoms with Crippen molar-refractivity contribution in [1.29, 1.82) is 0 Å². The standard InChI is InChI=1S/C17H26FN3O2/c1-12(15(22)23-5)10-20-16(19-4)21-11-17(2,3)13-7-6-8-14(18)9-13/h6-9,12H,10-11H2,1-5H3,(H2,19,20,21). The van der Waals surface area contributed by atoms with E-state index in [-0.39, 0.29) is 23.1 Å². The molecule has 0 saturated carbocycles. The fourth-order valence-corrected chi connectivity index (χ4v) is 2.07. The van der Waals surface area contributed by atoms with E-state index in [0.717, 1.165) is 5.56 Å². The van der Waals surface area contributed by atoms with Crippen molar-refractivity contribution in [2.24, 2.45) is 10.9 Å². The molecule has 0 amide bonds. The number of rotatable bonds is 6. The molecular formula is C17H26FN3O2. The highest BCUT2D eigenvalue weighted by Crippen LogP contribution is 2.22. The monoisotopic (exact) mass is 323 g/mol. The zero-order valence-corrected chi connectivity index (χ0v) is 14.4. The van der Waals surface area contributed by atoms with Gasteiger partial charge in [0.05, 0.1) is 13.0 Å². The lowest BCUT2D eigenvalue weighted by molar-refractivity contribution is -0.144. The minimum atomic E-state index is -0.270. The van der Waals surface area contributed by atoms with Gasteiger partial charge in [-0.15, -0.1) is 0 Å². The number of halogens is 1.